The summed E-state index contributed by atoms with van der Waals surface area (Å²) in [6.45, 7) is 0.174. The SMILES string of the molecule is N#CNC1=NC(c2ccc(COc3ccccc3F)cc2)c2c(nc(N)c(C#N)c2N)N1. The van der Waals surface area contributed by atoms with E-state index in [1.165, 1.54) is 6.07 Å². The quantitative estimate of drug-likeness (QED) is 0.365. The van der Waals surface area contributed by atoms with Crippen LogP contribution >= 0.6 is 0 Å². The van der Waals surface area contributed by atoms with Crippen molar-refractivity contribution >= 4 is 23.3 Å². The monoisotopic (exact) mass is 428 g/mol. The van der Waals surface area contributed by atoms with Crippen LogP contribution in [0.5, 0.6) is 5.75 Å². The number of guanidine groups is 1. The minimum absolute atomic E-state index is 0.0196. The van der Waals surface area contributed by atoms with E-state index in [9.17, 15) is 9.65 Å². The average Bonchev–Trinajstić information content (AvgIpc) is 2.79. The highest BCUT2D eigenvalue weighted by Crippen LogP contribution is 2.40. The summed E-state index contributed by atoms with van der Waals surface area (Å²) in [4.78, 5) is 8.73. The van der Waals surface area contributed by atoms with Crippen LogP contribution in [-0.4, -0.2) is 10.9 Å². The number of hydrogen-bond donors (Lipinski definition) is 4. The molecule has 1 aliphatic heterocycles. The van der Waals surface area contributed by atoms with Gasteiger partial charge in [-0.1, -0.05) is 36.4 Å². The zero-order valence-corrected chi connectivity index (χ0v) is 16.6. The Kier molecular flexibility index (Phi) is 5.43. The fraction of sp³-hybridized carbons (Fsp3) is 0.0909. The lowest BCUT2D eigenvalue weighted by atomic mass is 9.94. The number of fused-ring (bicyclic) bond motifs is 1. The second-order valence-electron chi connectivity index (χ2n) is 6.86. The normalized spacial score (nSPS) is 14.2. The maximum Gasteiger partial charge on any atom is 0.211 e. The number of nitrogen functional groups attached to an aromatic ring is 2. The molecule has 0 fully saturated rings. The molecule has 2 heterocycles. The summed E-state index contributed by atoms with van der Waals surface area (Å²) in [7, 11) is 0. The number of pyridine rings is 1. The smallest absolute Gasteiger partial charge is 0.211 e. The molecular weight excluding hydrogens is 411 g/mol. The number of nitrogens with one attached hydrogen (secondary N) is 2. The number of aromatic nitrogens is 1. The van der Waals surface area contributed by atoms with Gasteiger partial charge in [-0.05, 0) is 23.3 Å². The molecule has 1 aromatic heterocycles. The molecule has 0 aliphatic carbocycles. The van der Waals surface area contributed by atoms with E-state index in [2.05, 4.69) is 20.6 Å². The Morgan fingerprint density at radius 3 is 2.56 bits per heavy atom. The van der Waals surface area contributed by atoms with E-state index in [4.69, 9.17) is 21.5 Å². The molecule has 2 aromatic carbocycles. The van der Waals surface area contributed by atoms with Gasteiger partial charge >= 0.3 is 0 Å². The van der Waals surface area contributed by atoms with Crippen LogP contribution in [0.2, 0.25) is 0 Å². The summed E-state index contributed by atoms with van der Waals surface area (Å²) in [5.74, 6) is 0.199. The van der Waals surface area contributed by atoms with Gasteiger partial charge in [-0.25, -0.2) is 14.4 Å². The van der Waals surface area contributed by atoms with Gasteiger partial charge in [0.05, 0.1) is 5.69 Å². The van der Waals surface area contributed by atoms with Crippen molar-refractivity contribution in [2.75, 3.05) is 16.8 Å². The number of aliphatic imine (C=N–C) groups is 1. The number of benzene rings is 2. The molecule has 1 unspecified atom stereocenters. The van der Waals surface area contributed by atoms with Crippen LogP contribution in [-0.2, 0) is 6.61 Å². The molecule has 3 aromatic rings. The summed E-state index contributed by atoms with van der Waals surface area (Å²) in [6, 6.07) is 14.8. The fourth-order valence-electron chi connectivity index (χ4n) is 3.34. The van der Waals surface area contributed by atoms with Crippen LogP contribution in [0, 0.1) is 28.6 Å². The molecule has 0 amide bonds. The number of para-hydroxylation sites is 1. The van der Waals surface area contributed by atoms with E-state index in [0.29, 0.717) is 11.4 Å². The van der Waals surface area contributed by atoms with Crippen molar-refractivity contribution in [3.8, 4) is 18.0 Å². The van der Waals surface area contributed by atoms with Crippen LogP contribution in [0.3, 0.4) is 0 Å². The molecule has 10 heteroatoms. The average molecular weight is 428 g/mol. The van der Waals surface area contributed by atoms with Gasteiger partial charge in [0.2, 0.25) is 5.96 Å². The second kappa shape index (κ2) is 8.50. The molecule has 32 heavy (non-hydrogen) atoms. The Bertz CT molecular complexity index is 1290. The van der Waals surface area contributed by atoms with Crippen molar-refractivity contribution in [3.63, 3.8) is 0 Å². The second-order valence-corrected chi connectivity index (χ2v) is 6.86. The van der Waals surface area contributed by atoms with E-state index >= 15 is 0 Å². The van der Waals surface area contributed by atoms with Gasteiger partial charge in [0.25, 0.3) is 0 Å². The molecule has 0 saturated carbocycles. The molecule has 4 rings (SSSR count). The number of nitrogens with zero attached hydrogens (tertiary/aromatic N) is 4. The van der Waals surface area contributed by atoms with Gasteiger partial charge in [0.15, 0.2) is 17.8 Å². The summed E-state index contributed by atoms with van der Waals surface area (Å²) >= 11 is 0. The third-order valence-corrected chi connectivity index (χ3v) is 4.88. The van der Waals surface area contributed by atoms with Crippen molar-refractivity contribution in [1.29, 1.82) is 10.5 Å². The zero-order chi connectivity index (χ0) is 22.7. The first-order valence-electron chi connectivity index (χ1n) is 9.46. The fourth-order valence-corrected chi connectivity index (χ4v) is 3.34. The van der Waals surface area contributed by atoms with Crippen molar-refractivity contribution < 1.29 is 9.13 Å². The largest absolute Gasteiger partial charge is 0.486 e. The Morgan fingerprint density at radius 2 is 1.88 bits per heavy atom. The standard InChI is InChI=1S/C22H17FN8O/c23-15-3-1-2-4-16(15)32-10-12-5-7-13(8-6-12)19-17-18(26)14(9-24)20(27)30-21(17)31-22(29-19)28-11-25/h1-8,19H,10H2,(H6,26,27,28,29,30,31). The number of hydrogen-bond acceptors (Lipinski definition) is 9. The summed E-state index contributed by atoms with van der Waals surface area (Å²) in [6.07, 6.45) is 1.80. The molecule has 1 aliphatic rings. The van der Waals surface area contributed by atoms with Crippen LogP contribution < -0.4 is 26.8 Å². The topological polar surface area (TPSA) is 158 Å². The lowest BCUT2D eigenvalue weighted by Crippen LogP contribution is -2.32. The molecule has 0 spiro atoms. The minimum atomic E-state index is -0.635. The first kappa shape index (κ1) is 20.4. The predicted molar refractivity (Wildman–Crippen MR) is 117 cm³/mol. The van der Waals surface area contributed by atoms with Gasteiger partial charge in [0.1, 0.15) is 35.9 Å². The molecular formula is C22H17FN8O. The highest BCUT2D eigenvalue weighted by atomic mass is 19.1. The Hall–Kier alpha value is -4.83. The van der Waals surface area contributed by atoms with Crippen molar-refractivity contribution in [3.05, 3.63) is 76.6 Å². The molecule has 0 saturated heterocycles. The Labute approximate surface area is 182 Å². The highest BCUT2D eigenvalue weighted by molar-refractivity contribution is 5.98. The number of halogens is 1. The maximum atomic E-state index is 13.7. The summed E-state index contributed by atoms with van der Waals surface area (Å²) in [5, 5.41) is 23.7. The number of nitrogens with two attached hydrogens (primary N) is 2. The number of anilines is 3. The van der Waals surface area contributed by atoms with E-state index in [1.54, 1.807) is 24.4 Å². The van der Waals surface area contributed by atoms with E-state index in [1.807, 2.05) is 30.3 Å². The van der Waals surface area contributed by atoms with Crippen molar-refractivity contribution in [2.24, 2.45) is 4.99 Å². The van der Waals surface area contributed by atoms with E-state index < -0.39 is 11.9 Å². The van der Waals surface area contributed by atoms with Crippen LogP contribution in [0.15, 0.2) is 53.5 Å². The lowest BCUT2D eigenvalue weighted by Gasteiger charge is -2.26. The minimum Gasteiger partial charge on any atom is -0.486 e. The summed E-state index contributed by atoms with van der Waals surface area (Å²) in [5.41, 5.74) is 14.3. The Morgan fingerprint density at radius 1 is 1.12 bits per heavy atom. The molecule has 9 nitrogen and oxygen atoms in total. The molecule has 1 atom stereocenters. The van der Waals surface area contributed by atoms with Crippen molar-refractivity contribution in [1.82, 2.24) is 10.3 Å². The lowest BCUT2D eigenvalue weighted by molar-refractivity contribution is 0.290. The highest BCUT2D eigenvalue weighted by Gasteiger charge is 2.29. The third kappa shape index (κ3) is 3.80. The van der Waals surface area contributed by atoms with Gasteiger partial charge in [-0.3, -0.25) is 5.32 Å². The van der Waals surface area contributed by atoms with E-state index in [-0.39, 0.29) is 35.4 Å². The zero-order valence-electron chi connectivity index (χ0n) is 16.6. The summed E-state index contributed by atoms with van der Waals surface area (Å²) < 4.78 is 19.3. The number of rotatable bonds is 4. The van der Waals surface area contributed by atoms with E-state index in [0.717, 1.165) is 11.1 Å². The van der Waals surface area contributed by atoms with Crippen molar-refractivity contribution in [2.45, 2.75) is 12.6 Å². The first-order chi connectivity index (χ1) is 15.5. The maximum absolute atomic E-state index is 13.7. The third-order valence-electron chi connectivity index (χ3n) is 4.88. The van der Waals surface area contributed by atoms with Crippen LogP contribution in [0.25, 0.3) is 0 Å². The number of nitriles is 2. The van der Waals surface area contributed by atoms with Gasteiger partial charge in [-0.15, -0.1) is 0 Å². The van der Waals surface area contributed by atoms with Crippen LogP contribution in [0.1, 0.15) is 28.3 Å². The van der Waals surface area contributed by atoms with Gasteiger partial charge < -0.3 is 21.5 Å². The number of ether oxygens (including phenoxy) is 1. The van der Waals surface area contributed by atoms with Crippen LogP contribution in [0.4, 0.5) is 21.7 Å². The first-order valence-corrected chi connectivity index (χ1v) is 9.46. The van der Waals surface area contributed by atoms with Gasteiger partial charge in [-0.2, -0.15) is 10.5 Å². The molecule has 0 radical (unpaired) electrons. The molecule has 0 bridgehead atoms. The molecule has 6 N–H and O–H groups in total. The predicted octanol–water partition coefficient (Wildman–Crippen LogP) is 2.78. The molecule has 158 valence electrons. The Balaban J connectivity index is 1.66. The van der Waals surface area contributed by atoms with Gasteiger partial charge in [0, 0.05) is 5.56 Å².